The molecule has 0 saturated carbocycles. The lowest BCUT2D eigenvalue weighted by Crippen LogP contribution is -2.11. The highest BCUT2D eigenvalue weighted by Gasteiger charge is 2.30. The molecule has 3 aromatic rings. The van der Waals surface area contributed by atoms with Gasteiger partial charge in [-0.25, -0.2) is 0 Å². The van der Waals surface area contributed by atoms with Gasteiger partial charge in [-0.05, 0) is 85.3 Å². The number of halogens is 3. The Labute approximate surface area is 165 Å². The van der Waals surface area contributed by atoms with Crippen LogP contribution in [0, 0.1) is 0 Å². The van der Waals surface area contributed by atoms with Crippen LogP contribution in [0.2, 0.25) is 0 Å². The molecule has 0 spiro atoms. The normalized spacial score (nSPS) is 11.4. The third-order valence-electron chi connectivity index (χ3n) is 4.11. The molecule has 0 N–H and O–H groups in total. The maximum absolute atomic E-state index is 12.9. The second-order valence-electron chi connectivity index (χ2n) is 5.78. The largest absolute Gasteiger partial charge is 0.416 e. The van der Waals surface area contributed by atoms with Crippen LogP contribution >= 0.6 is 23.5 Å². The molecule has 0 radical (unpaired) electrons. The molecule has 0 atom stereocenters. The predicted octanol–water partition coefficient (Wildman–Crippen LogP) is 7.62. The number of benzene rings is 3. The summed E-state index contributed by atoms with van der Waals surface area (Å²) in [6.45, 7) is 0. The number of rotatable bonds is 5. The Morgan fingerprint density at radius 1 is 0.593 bits per heavy atom. The lowest BCUT2D eigenvalue weighted by molar-refractivity contribution is -0.137. The fraction of sp³-hybridized carbons (Fsp3) is 0.143. The van der Waals surface area contributed by atoms with Crippen molar-refractivity contribution in [2.24, 2.45) is 0 Å². The topological polar surface area (TPSA) is 3.24 Å². The van der Waals surface area contributed by atoms with Crippen LogP contribution in [0.25, 0.3) is 0 Å². The summed E-state index contributed by atoms with van der Waals surface area (Å²) < 4.78 is 38.7. The molecule has 0 aliphatic heterocycles. The number of hydrogen-bond donors (Lipinski definition) is 0. The van der Waals surface area contributed by atoms with E-state index >= 15 is 0 Å². The van der Waals surface area contributed by atoms with Gasteiger partial charge in [0, 0.05) is 26.9 Å². The Kier molecular flexibility index (Phi) is 6.07. The first-order valence-electron chi connectivity index (χ1n) is 8.18. The van der Waals surface area contributed by atoms with Gasteiger partial charge in [0.15, 0.2) is 0 Å². The van der Waals surface area contributed by atoms with Gasteiger partial charge in [-0.3, -0.25) is 0 Å². The molecule has 0 unspecified atom stereocenters. The van der Waals surface area contributed by atoms with Gasteiger partial charge in [-0.2, -0.15) is 13.2 Å². The predicted molar refractivity (Wildman–Crippen MR) is 110 cm³/mol. The van der Waals surface area contributed by atoms with E-state index in [2.05, 4.69) is 0 Å². The minimum Gasteiger partial charge on any atom is -0.311 e. The van der Waals surface area contributed by atoms with Crippen molar-refractivity contribution in [2.75, 3.05) is 17.4 Å². The van der Waals surface area contributed by atoms with Crippen molar-refractivity contribution in [1.82, 2.24) is 0 Å². The van der Waals surface area contributed by atoms with E-state index in [1.807, 2.05) is 65.9 Å². The minimum absolute atomic E-state index is 0.651. The second kappa shape index (κ2) is 8.31. The standard InChI is InChI=1S/C21H18F3NS2/c1-26-19-11-7-17(8-12-19)25(18-9-13-20(27-2)14-10-18)16-5-3-15(4-6-16)21(22,23)24/h3-14H,1-2H3. The van der Waals surface area contributed by atoms with Crippen molar-refractivity contribution >= 4 is 40.6 Å². The van der Waals surface area contributed by atoms with Crippen LogP contribution in [0.5, 0.6) is 0 Å². The van der Waals surface area contributed by atoms with Gasteiger partial charge in [0.05, 0.1) is 5.56 Å². The summed E-state index contributed by atoms with van der Waals surface area (Å²) in [6.07, 6.45) is -0.336. The first-order chi connectivity index (χ1) is 12.9. The Bertz CT molecular complexity index is 826. The van der Waals surface area contributed by atoms with Gasteiger partial charge < -0.3 is 4.90 Å². The van der Waals surface area contributed by atoms with Crippen molar-refractivity contribution in [1.29, 1.82) is 0 Å². The first-order valence-corrected chi connectivity index (χ1v) is 10.6. The number of alkyl halides is 3. The highest BCUT2D eigenvalue weighted by Crippen LogP contribution is 2.37. The van der Waals surface area contributed by atoms with Crippen LogP contribution in [-0.4, -0.2) is 12.5 Å². The van der Waals surface area contributed by atoms with Crippen LogP contribution in [0.4, 0.5) is 30.2 Å². The fourth-order valence-corrected chi connectivity index (χ4v) is 3.53. The van der Waals surface area contributed by atoms with Gasteiger partial charge in [-0.15, -0.1) is 23.5 Å². The first kappa shape index (κ1) is 19.7. The minimum atomic E-state index is -4.34. The van der Waals surface area contributed by atoms with Gasteiger partial charge >= 0.3 is 6.18 Å². The molecule has 6 heteroatoms. The van der Waals surface area contributed by atoms with E-state index in [0.29, 0.717) is 5.69 Å². The second-order valence-corrected chi connectivity index (χ2v) is 7.54. The van der Waals surface area contributed by atoms with Crippen LogP contribution in [0.3, 0.4) is 0 Å². The molecule has 0 bridgehead atoms. The SMILES string of the molecule is CSc1ccc(N(c2ccc(SC)cc2)c2ccc(C(F)(F)F)cc2)cc1. The van der Waals surface area contributed by atoms with Gasteiger partial charge in [-0.1, -0.05) is 0 Å². The number of nitrogens with zero attached hydrogens (tertiary/aromatic N) is 1. The third kappa shape index (κ3) is 4.62. The van der Waals surface area contributed by atoms with Crippen LogP contribution in [0.15, 0.2) is 82.6 Å². The third-order valence-corrected chi connectivity index (χ3v) is 5.60. The summed E-state index contributed by atoms with van der Waals surface area (Å²) in [5.41, 5.74) is 1.81. The lowest BCUT2D eigenvalue weighted by Gasteiger charge is -2.26. The fourth-order valence-electron chi connectivity index (χ4n) is 2.71. The zero-order valence-electron chi connectivity index (χ0n) is 14.8. The summed E-state index contributed by atoms with van der Waals surface area (Å²) in [7, 11) is 0. The molecule has 3 rings (SSSR count). The maximum Gasteiger partial charge on any atom is 0.416 e. The van der Waals surface area contributed by atoms with Crippen molar-refractivity contribution in [3.8, 4) is 0 Å². The zero-order chi connectivity index (χ0) is 19.4. The summed E-state index contributed by atoms with van der Waals surface area (Å²) in [4.78, 5) is 4.21. The van der Waals surface area contributed by atoms with Gasteiger partial charge in [0.25, 0.3) is 0 Å². The van der Waals surface area contributed by atoms with E-state index in [1.54, 1.807) is 23.5 Å². The van der Waals surface area contributed by atoms with E-state index in [1.165, 1.54) is 12.1 Å². The molecule has 0 aliphatic carbocycles. The van der Waals surface area contributed by atoms with Crippen molar-refractivity contribution in [3.63, 3.8) is 0 Å². The van der Waals surface area contributed by atoms with E-state index in [-0.39, 0.29) is 0 Å². The van der Waals surface area contributed by atoms with Crippen molar-refractivity contribution in [3.05, 3.63) is 78.4 Å². The van der Waals surface area contributed by atoms with Crippen LogP contribution in [0.1, 0.15) is 5.56 Å². The Hall–Kier alpha value is -2.05. The Morgan fingerprint density at radius 3 is 1.22 bits per heavy atom. The van der Waals surface area contributed by atoms with E-state index in [9.17, 15) is 13.2 Å². The molecule has 1 nitrogen and oxygen atoms in total. The van der Waals surface area contributed by atoms with Gasteiger partial charge in [0.1, 0.15) is 0 Å². The van der Waals surface area contributed by atoms with E-state index in [0.717, 1.165) is 33.3 Å². The molecular formula is C21H18F3NS2. The van der Waals surface area contributed by atoms with Crippen LogP contribution < -0.4 is 4.90 Å². The molecule has 27 heavy (non-hydrogen) atoms. The quantitative estimate of drug-likeness (QED) is 0.402. The van der Waals surface area contributed by atoms with E-state index in [4.69, 9.17) is 0 Å². The number of thioether (sulfide) groups is 2. The average Bonchev–Trinajstić information content (AvgIpc) is 2.69. The molecule has 0 fully saturated rings. The molecule has 3 aromatic carbocycles. The van der Waals surface area contributed by atoms with Crippen molar-refractivity contribution < 1.29 is 13.2 Å². The summed E-state index contributed by atoms with van der Waals surface area (Å²) in [5.74, 6) is 0. The Morgan fingerprint density at radius 2 is 0.926 bits per heavy atom. The molecule has 0 amide bonds. The zero-order valence-corrected chi connectivity index (χ0v) is 16.5. The average molecular weight is 406 g/mol. The maximum atomic E-state index is 12.9. The summed E-state index contributed by atoms with van der Waals surface area (Å²) >= 11 is 3.29. The molecular weight excluding hydrogens is 387 g/mol. The number of anilines is 3. The highest BCUT2D eigenvalue weighted by molar-refractivity contribution is 7.98. The number of hydrogen-bond acceptors (Lipinski definition) is 3. The highest BCUT2D eigenvalue weighted by atomic mass is 32.2. The van der Waals surface area contributed by atoms with Crippen molar-refractivity contribution in [2.45, 2.75) is 16.0 Å². The lowest BCUT2D eigenvalue weighted by atomic mass is 10.1. The smallest absolute Gasteiger partial charge is 0.311 e. The van der Waals surface area contributed by atoms with Gasteiger partial charge in [0.2, 0.25) is 0 Å². The summed E-state index contributed by atoms with van der Waals surface area (Å²) in [6, 6.07) is 21.2. The summed E-state index contributed by atoms with van der Waals surface area (Å²) in [5, 5.41) is 0. The molecule has 0 aliphatic rings. The molecule has 0 aromatic heterocycles. The monoisotopic (exact) mass is 405 g/mol. The Balaban J connectivity index is 2.05. The van der Waals surface area contributed by atoms with E-state index < -0.39 is 11.7 Å². The molecule has 0 saturated heterocycles. The molecule has 140 valence electrons. The van der Waals surface area contributed by atoms with Crippen LogP contribution in [-0.2, 0) is 6.18 Å². The molecule has 0 heterocycles.